The molecule has 0 radical (unpaired) electrons. The number of hydrogen-bond donors (Lipinski definition) is 2. The van der Waals surface area contributed by atoms with Gasteiger partial charge in [0, 0.05) is 33.5 Å². The highest BCUT2D eigenvalue weighted by atomic mass is 35.5. The molecule has 0 spiro atoms. The second-order valence-electron chi connectivity index (χ2n) is 4.62. The average Bonchev–Trinajstić information content (AvgIpc) is 2.49. The van der Waals surface area contributed by atoms with E-state index in [1.54, 1.807) is 18.3 Å². The van der Waals surface area contributed by atoms with E-state index in [2.05, 4.69) is 10.3 Å². The van der Waals surface area contributed by atoms with Crippen molar-refractivity contribution < 1.29 is 5.11 Å². The van der Waals surface area contributed by atoms with Crippen molar-refractivity contribution in [2.45, 2.75) is 5.88 Å². The van der Waals surface area contributed by atoms with Gasteiger partial charge in [-0.05, 0) is 42.5 Å². The molecule has 0 bridgehead atoms. The lowest BCUT2D eigenvalue weighted by molar-refractivity contribution is 0.470. The number of nitrogens with one attached hydrogen (secondary N) is 1. The van der Waals surface area contributed by atoms with Crippen LogP contribution in [0.2, 0.25) is 5.02 Å². The van der Waals surface area contributed by atoms with E-state index in [1.807, 2.05) is 30.3 Å². The first-order chi connectivity index (χ1) is 10.2. The lowest BCUT2D eigenvalue weighted by Crippen LogP contribution is -1.93. The summed E-state index contributed by atoms with van der Waals surface area (Å²) in [6.07, 6.45) is 1.73. The van der Waals surface area contributed by atoms with Gasteiger partial charge in [0.25, 0.3) is 0 Å². The molecule has 3 nitrogen and oxygen atoms in total. The van der Waals surface area contributed by atoms with Crippen LogP contribution in [0.1, 0.15) is 5.56 Å². The Morgan fingerprint density at radius 1 is 1.09 bits per heavy atom. The summed E-state index contributed by atoms with van der Waals surface area (Å²) in [6, 6.07) is 12.7. The molecule has 0 aliphatic rings. The third kappa shape index (κ3) is 3.38. The van der Waals surface area contributed by atoms with Crippen LogP contribution in [0, 0.1) is 0 Å². The predicted molar refractivity (Wildman–Crippen MR) is 94.9 cm³/mol. The second kappa shape index (κ2) is 7.05. The Morgan fingerprint density at radius 2 is 1.91 bits per heavy atom. The number of pyridine rings is 1. The summed E-state index contributed by atoms with van der Waals surface area (Å²) >= 11 is 11.8. The SMILES string of the molecule is Cl.Oc1ccc(Nc2ccnc3cc(Cl)ccc23)cc1CCl. The standard InChI is InChI=1S/C16H12Cl2N2O.ClH/c17-9-10-7-12(2-4-16(10)21)20-14-5-6-19-15-8-11(18)1-3-13(14)15;/h1-8,21H,9H2,(H,19,20);1H. The molecule has 6 heteroatoms. The van der Waals surface area contributed by atoms with Crippen LogP contribution in [0.15, 0.2) is 48.7 Å². The lowest BCUT2D eigenvalue weighted by Gasteiger charge is -2.11. The largest absolute Gasteiger partial charge is 0.508 e. The summed E-state index contributed by atoms with van der Waals surface area (Å²) in [5.41, 5.74) is 3.28. The molecule has 0 aliphatic heterocycles. The summed E-state index contributed by atoms with van der Waals surface area (Å²) in [7, 11) is 0. The van der Waals surface area contributed by atoms with Gasteiger partial charge >= 0.3 is 0 Å². The molecule has 0 saturated heterocycles. The normalized spacial score (nSPS) is 10.3. The average molecular weight is 356 g/mol. The topological polar surface area (TPSA) is 45.1 Å². The van der Waals surface area contributed by atoms with Crippen molar-refractivity contribution in [1.29, 1.82) is 0 Å². The fourth-order valence-corrected chi connectivity index (χ4v) is 2.54. The zero-order chi connectivity index (χ0) is 14.8. The Balaban J connectivity index is 0.00000176. The molecule has 0 amide bonds. The van der Waals surface area contributed by atoms with Crippen LogP contribution in [0.4, 0.5) is 11.4 Å². The van der Waals surface area contributed by atoms with Crippen molar-refractivity contribution in [2.24, 2.45) is 0 Å². The Bertz CT molecular complexity index is 808. The molecule has 0 fully saturated rings. The predicted octanol–water partition coefficient (Wildman–Crippen LogP) is 5.50. The van der Waals surface area contributed by atoms with Crippen molar-refractivity contribution in [3.63, 3.8) is 0 Å². The summed E-state index contributed by atoms with van der Waals surface area (Å²) < 4.78 is 0. The number of halogens is 3. The first-order valence-electron chi connectivity index (χ1n) is 6.36. The van der Waals surface area contributed by atoms with Gasteiger partial charge in [0.2, 0.25) is 0 Å². The number of benzene rings is 2. The maximum atomic E-state index is 9.67. The van der Waals surface area contributed by atoms with Crippen molar-refractivity contribution in [3.8, 4) is 5.75 Å². The van der Waals surface area contributed by atoms with Crippen molar-refractivity contribution in [1.82, 2.24) is 4.98 Å². The van der Waals surface area contributed by atoms with E-state index in [0.29, 0.717) is 10.6 Å². The molecule has 3 aromatic rings. The quantitative estimate of drug-likeness (QED) is 0.482. The molecule has 2 aromatic carbocycles. The fraction of sp³-hybridized carbons (Fsp3) is 0.0625. The van der Waals surface area contributed by atoms with Crippen molar-refractivity contribution in [3.05, 3.63) is 59.2 Å². The Kier molecular flexibility index (Phi) is 5.35. The number of rotatable bonds is 3. The van der Waals surface area contributed by atoms with Crippen molar-refractivity contribution in [2.75, 3.05) is 5.32 Å². The van der Waals surface area contributed by atoms with Crippen LogP contribution in [-0.2, 0) is 5.88 Å². The molecule has 114 valence electrons. The van der Waals surface area contributed by atoms with Gasteiger partial charge in [0.1, 0.15) is 5.75 Å². The van der Waals surface area contributed by atoms with Gasteiger partial charge < -0.3 is 10.4 Å². The molecule has 1 aromatic heterocycles. The molecule has 0 aliphatic carbocycles. The maximum absolute atomic E-state index is 9.67. The Hall–Kier alpha value is -1.68. The number of phenolic OH excluding ortho intramolecular Hbond substituents is 1. The molecular weight excluding hydrogens is 343 g/mol. The van der Waals surface area contributed by atoms with Gasteiger partial charge in [-0.2, -0.15) is 0 Å². The van der Waals surface area contributed by atoms with Crippen LogP contribution in [0.3, 0.4) is 0 Å². The number of alkyl halides is 1. The highest BCUT2D eigenvalue weighted by Crippen LogP contribution is 2.29. The molecule has 0 saturated carbocycles. The monoisotopic (exact) mass is 354 g/mol. The number of aromatic hydroxyl groups is 1. The zero-order valence-electron chi connectivity index (χ0n) is 11.4. The third-order valence-electron chi connectivity index (χ3n) is 3.21. The van der Waals surface area contributed by atoms with E-state index in [4.69, 9.17) is 23.2 Å². The van der Waals surface area contributed by atoms with E-state index >= 15 is 0 Å². The van der Waals surface area contributed by atoms with Gasteiger partial charge in [-0.15, -0.1) is 24.0 Å². The van der Waals surface area contributed by atoms with Gasteiger partial charge in [0.15, 0.2) is 0 Å². The maximum Gasteiger partial charge on any atom is 0.120 e. The molecule has 0 atom stereocenters. The molecule has 2 N–H and O–H groups in total. The number of anilines is 2. The van der Waals surface area contributed by atoms with Crippen LogP contribution in [-0.4, -0.2) is 10.1 Å². The smallest absolute Gasteiger partial charge is 0.120 e. The molecule has 22 heavy (non-hydrogen) atoms. The first-order valence-corrected chi connectivity index (χ1v) is 7.28. The number of aromatic nitrogens is 1. The van der Waals surface area contributed by atoms with Crippen LogP contribution >= 0.6 is 35.6 Å². The highest BCUT2D eigenvalue weighted by molar-refractivity contribution is 6.31. The minimum atomic E-state index is 0. The Labute approximate surface area is 144 Å². The lowest BCUT2D eigenvalue weighted by atomic mass is 10.1. The fourth-order valence-electron chi connectivity index (χ4n) is 2.16. The molecular formula is C16H13Cl3N2O. The number of nitrogens with zero attached hydrogens (tertiary/aromatic N) is 1. The van der Waals surface area contributed by atoms with Crippen LogP contribution < -0.4 is 5.32 Å². The summed E-state index contributed by atoms with van der Waals surface area (Å²) in [5.74, 6) is 0.454. The Morgan fingerprint density at radius 3 is 2.68 bits per heavy atom. The van der Waals surface area contributed by atoms with E-state index in [0.717, 1.165) is 22.3 Å². The molecule has 3 rings (SSSR count). The summed E-state index contributed by atoms with van der Waals surface area (Å²) in [5, 5.41) is 14.6. The van der Waals surface area contributed by atoms with Gasteiger partial charge in [0.05, 0.1) is 11.4 Å². The first kappa shape index (κ1) is 16.7. The second-order valence-corrected chi connectivity index (χ2v) is 5.33. The highest BCUT2D eigenvalue weighted by Gasteiger charge is 2.05. The van der Waals surface area contributed by atoms with Gasteiger partial charge in [-0.1, -0.05) is 11.6 Å². The minimum Gasteiger partial charge on any atom is -0.508 e. The zero-order valence-corrected chi connectivity index (χ0v) is 13.7. The van der Waals surface area contributed by atoms with E-state index < -0.39 is 0 Å². The van der Waals surface area contributed by atoms with Crippen molar-refractivity contribution >= 4 is 57.9 Å². The van der Waals surface area contributed by atoms with E-state index in [1.165, 1.54) is 0 Å². The minimum absolute atomic E-state index is 0. The summed E-state index contributed by atoms with van der Waals surface area (Å²) in [6.45, 7) is 0. The van der Waals surface area contributed by atoms with E-state index in [9.17, 15) is 5.11 Å². The molecule has 1 heterocycles. The number of phenols is 1. The van der Waals surface area contributed by atoms with Gasteiger partial charge in [-0.3, -0.25) is 4.98 Å². The van der Waals surface area contributed by atoms with E-state index in [-0.39, 0.29) is 24.0 Å². The third-order valence-corrected chi connectivity index (χ3v) is 3.73. The van der Waals surface area contributed by atoms with Crippen LogP contribution in [0.5, 0.6) is 5.75 Å². The number of fused-ring (bicyclic) bond motifs is 1. The summed E-state index contributed by atoms with van der Waals surface area (Å²) in [4.78, 5) is 4.31. The molecule has 0 unspecified atom stereocenters. The van der Waals surface area contributed by atoms with Gasteiger partial charge in [-0.25, -0.2) is 0 Å². The number of hydrogen-bond acceptors (Lipinski definition) is 3. The van der Waals surface area contributed by atoms with Crippen LogP contribution in [0.25, 0.3) is 10.9 Å².